The average Bonchev–Trinajstić information content (AvgIpc) is 2.58. The van der Waals surface area contributed by atoms with Gasteiger partial charge in [-0.3, -0.25) is 9.36 Å². The maximum Gasteiger partial charge on any atom is 0.219 e. The fourth-order valence-corrected chi connectivity index (χ4v) is 2.02. The van der Waals surface area contributed by atoms with Crippen LogP contribution < -0.4 is 0 Å². The number of aliphatic hydroxyl groups excluding tert-OH is 1. The second-order valence-electron chi connectivity index (χ2n) is 2.95. The molecule has 0 saturated heterocycles. The zero-order valence-electron chi connectivity index (χ0n) is 8.74. The SMILES string of the molecule is CO.Cc1cn(C=O)c2nc(Cl)cc(Cl)c12. The Kier molecular flexibility index (Phi) is 4.29. The van der Waals surface area contributed by atoms with Crippen LogP contribution in [-0.4, -0.2) is 28.2 Å². The fraction of sp³-hybridized carbons (Fsp3) is 0.200. The molecule has 0 spiro atoms. The number of aryl methyl sites for hydroxylation is 1. The predicted molar refractivity (Wildman–Crippen MR) is 64.8 cm³/mol. The zero-order valence-corrected chi connectivity index (χ0v) is 10.2. The molecule has 0 unspecified atom stereocenters. The molecule has 0 aliphatic rings. The van der Waals surface area contributed by atoms with Crippen LogP contribution in [0.5, 0.6) is 0 Å². The number of pyridine rings is 1. The average molecular weight is 261 g/mol. The lowest BCUT2D eigenvalue weighted by atomic mass is 10.2. The molecule has 86 valence electrons. The molecule has 1 N–H and O–H groups in total. The fourth-order valence-electron chi connectivity index (χ4n) is 1.44. The van der Waals surface area contributed by atoms with Crippen molar-refractivity contribution in [3.8, 4) is 0 Å². The summed E-state index contributed by atoms with van der Waals surface area (Å²) in [6.45, 7) is 1.86. The van der Waals surface area contributed by atoms with Gasteiger partial charge in [0.25, 0.3) is 0 Å². The molecule has 4 nitrogen and oxygen atoms in total. The molecule has 2 heterocycles. The van der Waals surface area contributed by atoms with Gasteiger partial charge in [-0.2, -0.15) is 0 Å². The number of aromatic nitrogens is 2. The van der Waals surface area contributed by atoms with Gasteiger partial charge in [0.1, 0.15) is 10.8 Å². The topological polar surface area (TPSA) is 55.1 Å². The van der Waals surface area contributed by atoms with Crippen LogP contribution in [0.25, 0.3) is 11.0 Å². The third kappa shape index (κ3) is 2.19. The molecule has 0 amide bonds. The van der Waals surface area contributed by atoms with Crippen molar-refractivity contribution in [3.63, 3.8) is 0 Å². The molecule has 0 radical (unpaired) electrons. The third-order valence-electron chi connectivity index (χ3n) is 2.01. The van der Waals surface area contributed by atoms with E-state index in [-0.39, 0.29) is 5.15 Å². The maximum atomic E-state index is 10.7. The van der Waals surface area contributed by atoms with E-state index in [0.717, 1.165) is 18.1 Å². The van der Waals surface area contributed by atoms with Gasteiger partial charge >= 0.3 is 0 Å². The molecule has 2 rings (SSSR count). The Labute approximate surface area is 102 Å². The van der Waals surface area contributed by atoms with Gasteiger partial charge in [-0.1, -0.05) is 23.2 Å². The Hall–Kier alpha value is -1.10. The quantitative estimate of drug-likeness (QED) is 0.633. The minimum absolute atomic E-state index is 0.281. The van der Waals surface area contributed by atoms with Gasteiger partial charge in [-0.25, -0.2) is 4.98 Å². The summed E-state index contributed by atoms with van der Waals surface area (Å²) in [5, 5.41) is 8.56. The molecule has 2 aromatic rings. The zero-order chi connectivity index (χ0) is 12.3. The highest BCUT2D eigenvalue weighted by molar-refractivity contribution is 6.38. The lowest BCUT2D eigenvalue weighted by Crippen LogP contribution is -1.93. The molecular formula is C10H10Cl2N2O2. The standard InChI is InChI=1S/C9H6Cl2N2O.CH4O/c1-5-3-13(4-14)9-8(5)6(10)2-7(11)12-9;1-2/h2-4H,1H3;2H,1H3. The van der Waals surface area contributed by atoms with Crippen LogP contribution in [0.2, 0.25) is 10.2 Å². The van der Waals surface area contributed by atoms with Crippen LogP contribution in [-0.2, 0) is 4.79 Å². The summed E-state index contributed by atoms with van der Waals surface area (Å²) in [5.74, 6) is 0. The minimum atomic E-state index is 0.281. The number of carbonyl (C=O) groups is 1. The molecule has 16 heavy (non-hydrogen) atoms. The summed E-state index contributed by atoms with van der Waals surface area (Å²) >= 11 is 11.7. The number of nitrogens with zero attached hydrogens (tertiary/aromatic N) is 2. The van der Waals surface area contributed by atoms with E-state index in [2.05, 4.69) is 4.98 Å². The van der Waals surface area contributed by atoms with Gasteiger partial charge in [-0.15, -0.1) is 0 Å². The lowest BCUT2D eigenvalue weighted by molar-refractivity contribution is 0.399. The Morgan fingerprint density at radius 1 is 1.44 bits per heavy atom. The Morgan fingerprint density at radius 3 is 2.62 bits per heavy atom. The number of rotatable bonds is 1. The summed E-state index contributed by atoms with van der Waals surface area (Å²) in [5.41, 5.74) is 1.40. The van der Waals surface area contributed by atoms with E-state index < -0.39 is 0 Å². The Bertz CT molecular complexity index is 523. The summed E-state index contributed by atoms with van der Waals surface area (Å²) in [6, 6.07) is 1.56. The predicted octanol–water partition coefficient (Wildman–Crippen LogP) is 2.30. The molecule has 0 atom stereocenters. The number of carbonyl (C=O) groups excluding carboxylic acids is 1. The van der Waals surface area contributed by atoms with Crippen molar-refractivity contribution in [3.05, 3.63) is 28.0 Å². The number of hydrogen-bond donors (Lipinski definition) is 1. The van der Waals surface area contributed by atoms with E-state index in [1.54, 1.807) is 12.3 Å². The Morgan fingerprint density at radius 2 is 2.06 bits per heavy atom. The van der Waals surface area contributed by atoms with Crippen LogP contribution in [0.1, 0.15) is 5.56 Å². The first kappa shape index (κ1) is 13.0. The monoisotopic (exact) mass is 260 g/mol. The van der Waals surface area contributed by atoms with Crippen LogP contribution in [0.15, 0.2) is 12.3 Å². The molecule has 0 aromatic carbocycles. The van der Waals surface area contributed by atoms with Crippen LogP contribution >= 0.6 is 23.2 Å². The van der Waals surface area contributed by atoms with E-state index >= 15 is 0 Å². The molecule has 0 aliphatic carbocycles. The first-order valence-electron chi connectivity index (χ1n) is 4.36. The molecule has 6 heteroatoms. The third-order valence-corrected chi connectivity index (χ3v) is 2.50. The largest absolute Gasteiger partial charge is 0.400 e. The molecular weight excluding hydrogens is 251 g/mol. The molecule has 0 aliphatic heterocycles. The van der Waals surface area contributed by atoms with Gasteiger partial charge in [-0.05, 0) is 18.6 Å². The van der Waals surface area contributed by atoms with Gasteiger partial charge in [0.05, 0.1) is 5.02 Å². The van der Waals surface area contributed by atoms with E-state index in [0.29, 0.717) is 17.1 Å². The first-order valence-corrected chi connectivity index (χ1v) is 5.12. The summed E-state index contributed by atoms with van der Waals surface area (Å²) in [4.78, 5) is 14.7. The van der Waals surface area contributed by atoms with Crippen molar-refractivity contribution in [2.45, 2.75) is 6.92 Å². The highest BCUT2D eigenvalue weighted by atomic mass is 35.5. The number of fused-ring (bicyclic) bond motifs is 1. The van der Waals surface area contributed by atoms with Crippen molar-refractivity contribution < 1.29 is 9.90 Å². The summed E-state index contributed by atoms with van der Waals surface area (Å²) < 4.78 is 1.36. The van der Waals surface area contributed by atoms with Crippen LogP contribution in [0, 0.1) is 6.92 Å². The van der Waals surface area contributed by atoms with Crippen molar-refractivity contribution in [2.75, 3.05) is 7.11 Å². The van der Waals surface area contributed by atoms with E-state index in [1.165, 1.54) is 4.57 Å². The molecule has 2 aromatic heterocycles. The molecule has 0 bridgehead atoms. The van der Waals surface area contributed by atoms with E-state index in [9.17, 15) is 4.79 Å². The minimum Gasteiger partial charge on any atom is -0.400 e. The van der Waals surface area contributed by atoms with Crippen molar-refractivity contribution in [2.24, 2.45) is 0 Å². The number of halogens is 2. The normalized spacial score (nSPS) is 9.81. The van der Waals surface area contributed by atoms with Gasteiger partial charge < -0.3 is 5.11 Å². The van der Waals surface area contributed by atoms with Gasteiger partial charge in [0.2, 0.25) is 6.41 Å². The van der Waals surface area contributed by atoms with E-state index in [1.807, 2.05) is 6.92 Å². The molecule has 0 saturated carbocycles. The van der Waals surface area contributed by atoms with E-state index in [4.69, 9.17) is 28.3 Å². The Balaban J connectivity index is 0.000000606. The van der Waals surface area contributed by atoms with Gasteiger partial charge in [0.15, 0.2) is 0 Å². The van der Waals surface area contributed by atoms with Crippen molar-refractivity contribution in [1.82, 2.24) is 9.55 Å². The van der Waals surface area contributed by atoms with Crippen molar-refractivity contribution in [1.29, 1.82) is 0 Å². The number of aliphatic hydroxyl groups is 1. The summed E-state index contributed by atoms with van der Waals surface area (Å²) in [7, 11) is 1.00. The maximum absolute atomic E-state index is 10.7. The molecule has 0 fully saturated rings. The second kappa shape index (κ2) is 5.30. The smallest absolute Gasteiger partial charge is 0.219 e. The van der Waals surface area contributed by atoms with Crippen molar-refractivity contribution >= 4 is 40.6 Å². The number of hydrogen-bond acceptors (Lipinski definition) is 3. The summed E-state index contributed by atoms with van der Waals surface area (Å²) in [6.07, 6.45) is 2.35. The highest BCUT2D eigenvalue weighted by Gasteiger charge is 2.10. The van der Waals surface area contributed by atoms with Crippen LogP contribution in [0.4, 0.5) is 0 Å². The first-order chi connectivity index (χ1) is 7.63. The lowest BCUT2D eigenvalue weighted by Gasteiger charge is -1.97. The highest BCUT2D eigenvalue weighted by Crippen LogP contribution is 2.28. The van der Waals surface area contributed by atoms with Crippen LogP contribution in [0.3, 0.4) is 0 Å². The van der Waals surface area contributed by atoms with Gasteiger partial charge in [0, 0.05) is 18.7 Å². The second-order valence-corrected chi connectivity index (χ2v) is 3.74.